The normalized spacial score (nSPS) is 18.7. The van der Waals surface area contributed by atoms with Crippen LogP contribution >= 0.6 is 0 Å². The minimum absolute atomic E-state index is 0.00278. The molecule has 2 aliphatic heterocycles. The highest BCUT2D eigenvalue weighted by Gasteiger charge is 2.44. The molecule has 0 atom stereocenters. The molecule has 138 valence electrons. The van der Waals surface area contributed by atoms with E-state index in [2.05, 4.69) is 10.2 Å². The molecule has 0 bridgehead atoms. The van der Waals surface area contributed by atoms with E-state index in [4.69, 9.17) is 13.9 Å². The number of carbonyl (C=O) groups is 1. The molecule has 3 heterocycles. The van der Waals surface area contributed by atoms with Crippen LogP contribution in [0.4, 0.5) is 8.78 Å². The Kier molecular flexibility index (Phi) is 4.10. The molecule has 9 heteroatoms. The molecule has 0 radical (unpaired) electrons. The number of aromatic nitrogens is 2. The molecule has 0 spiro atoms. The van der Waals surface area contributed by atoms with Gasteiger partial charge in [0.25, 0.3) is 5.89 Å². The van der Waals surface area contributed by atoms with Crippen LogP contribution in [-0.4, -0.2) is 47.4 Å². The van der Waals surface area contributed by atoms with Gasteiger partial charge in [0.05, 0.1) is 25.2 Å². The third kappa shape index (κ3) is 2.92. The Morgan fingerprint density at radius 2 is 2.12 bits per heavy atom. The van der Waals surface area contributed by atoms with Gasteiger partial charge in [-0.2, -0.15) is 8.78 Å². The van der Waals surface area contributed by atoms with Gasteiger partial charge in [-0.3, -0.25) is 4.79 Å². The average molecular weight is 365 g/mol. The third-order valence-corrected chi connectivity index (χ3v) is 4.57. The van der Waals surface area contributed by atoms with Crippen molar-refractivity contribution in [2.24, 2.45) is 5.41 Å². The monoisotopic (exact) mass is 365 g/mol. The lowest BCUT2D eigenvalue weighted by atomic mass is 9.87. The van der Waals surface area contributed by atoms with E-state index >= 15 is 0 Å². The first-order valence-electron chi connectivity index (χ1n) is 8.21. The summed E-state index contributed by atoms with van der Waals surface area (Å²) in [5.41, 5.74) is 0.846. The van der Waals surface area contributed by atoms with E-state index < -0.39 is 17.7 Å². The van der Waals surface area contributed by atoms with Gasteiger partial charge in [-0.1, -0.05) is 6.07 Å². The first-order valence-corrected chi connectivity index (χ1v) is 8.21. The lowest BCUT2D eigenvalue weighted by Gasteiger charge is -2.39. The fraction of sp³-hybridized carbons (Fsp3) is 0.471. The molecule has 0 aliphatic carbocycles. The van der Waals surface area contributed by atoms with Gasteiger partial charge < -0.3 is 18.8 Å². The predicted molar refractivity (Wildman–Crippen MR) is 84.5 cm³/mol. The summed E-state index contributed by atoms with van der Waals surface area (Å²) in [7, 11) is 0. The van der Waals surface area contributed by atoms with E-state index in [1.54, 1.807) is 23.1 Å². The minimum atomic E-state index is -2.82. The molecule has 26 heavy (non-hydrogen) atoms. The van der Waals surface area contributed by atoms with Gasteiger partial charge in [-0.05, 0) is 19.1 Å². The van der Waals surface area contributed by atoms with Crippen molar-refractivity contribution in [1.82, 2.24) is 15.1 Å². The molecule has 1 fully saturated rings. The molecule has 2 aliphatic rings. The van der Waals surface area contributed by atoms with E-state index in [0.717, 1.165) is 5.56 Å². The number of ether oxygens (including phenoxy) is 2. The maximum Gasteiger partial charge on any atom is 0.314 e. The van der Waals surface area contributed by atoms with Crippen molar-refractivity contribution in [3.63, 3.8) is 0 Å². The van der Waals surface area contributed by atoms with E-state index in [-0.39, 0.29) is 11.8 Å². The van der Waals surface area contributed by atoms with E-state index in [1.165, 1.54) is 0 Å². The number of hydrogen-bond acceptors (Lipinski definition) is 6. The van der Waals surface area contributed by atoms with Crippen LogP contribution < -0.4 is 4.74 Å². The van der Waals surface area contributed by atoms with E-state index in [1.807, 2.05) is 6.92 Å². The standard InChI is InChI=1S/C17H17F2N3O4/c1-17(8-24-9-17)16(23)22-4-5-25-12-6-10(2-3-11(12)7-22)14-20-21-15(26-14)13(18)19/h2-3,6,13H,4-5,7-9H2,1H3. The summed E-state index contributed by atoms with van der Waals surface area (Å²) in [5.74, 6) is -0.0982. The summed E-state index contributed by atoms with van der Waals surface area (Å²) in [4.78, 5) is 14.5. The summed E-state index contributed by atoms with van der Waals surface area (Å²) in [6.07, 6.45) is -2.82. The van der Waals surface area contributed by atoms with Crippen LogP contribution in [0.3, 0.4) is 0 Å². The van der Waals surface area contributed by atoms with Crippen molar-refractivity contribution in [1.29, 1.82) is 0 Å². The van der Waals surface area contributed by atoms with Gasteiger partial charge in [-0.15, -0.1) is 10.2 Å². The number of fused-ring (bicyclic) bond motifs is 1. The zero-order valence-corrected chi connectivity index (χ0v) is 14.1. The Bertz CT molecular complexity index is 835. The van der Waals surface area contributed by atoms with Crippen molar-refractivity contribution >= 4 is 5.91 Å². The summed E-state index contributed by atoms with van der Waals surface area (Å²) < 4.78 is 41.1. The highest BCUT2D eigenvalue weighted by molar-refractivity contribution is 5.83. The Hall–Kier alpha value is -2.55. The van der Waals surface area contributed by atoms with Crippen LogP contribution in [0.25, 0.3) is 11.5 Å². The topological polar surface area (TPSA) is 77.7 Å². The Morgan fingerprint density at radius 3 is 2.77 bits per heavy atom. The number of alkyl halides is 2. The summed E-state index contributed by atoms with van der Waals surface area (Å²) >= 11 is 0. The second-order valence-corrected chi connectivity index (χ2v) is 6.70. The predicted octanol–water partition coefficient (Wildman–Crippen LogP) is 2.43. The fourth-order valence-corrected chi connectivity index (χ4v) is 3.03. The van der Waals surface area contributed by atoms with Crippen molar-refractivity contribution in [3.05, 3.63) is 29.7 Å². The molecule has 1 amide bonds. The van der Waals surface area contributed by atoms with Crippen LogP contribution in [0.15, 0.2) is 22.6 Å². The molecular formula is C17H17F2N3O4. The fourth-order valence-electron chi connectivity index (χ4n) is 3.03. The number of carbonyl (C=O) groups excluding carboxylic acids is 1. The Balaban J connectivity index is 1.57. The molecule has 1 aromatic carbocycles. The molecule has 1 aromatic heterocycles. The summed E-state index contributed by atoms with van der Waals surface area (Å²) in [5, 5.41) is 6.97. The molecular weight excluding hydrogens is 348 g/mol. The highest BCUT2D eigenvalue weighted by atomic mass is 19.3. The van der Waals surface area contributed by atoms with Gasteiger partial charge in [-0.25, -0.2) is 0 Å². The lowest BCUT2D eigenvalue weighted by molar-refractivity contribution is -0.169. The average Bonchev–Trinajstić information content (AvgIpc) is 3.00. The van der Waals surface area contributed by atoms with Crippen LogP contribution in [0.5, 0.6) is 5.75 Å². The third-order valence-electron chi connectivity index (χ3n) is 4.57. The van der Waals surface area contributed by atoms with Crippen molar-refractivity contribution in [2.75, 3.05) is 26.4 Å². The second-order valence-electron chi connectivity index (χ2n) is 6.70. The maximum absolute atomic E-state index is 12.7. The van der Waals surface area contributed by atoms with Gasteiger partial charge in [0.15, 0.2) is 0 Å². The van der Waals surface area contributed by atoms with E-state index in [9.17, 15) is 13.6 Å². The number of nitrogens with zero attached hydrogens (tertiary/aromatic N) is 3. The lowest BCUT2D eigenvalue weighted by Crippen LogP contribution is -2.53. The molecule has 1 saturated heterocycles. The zero-order valence-electron chi connectivity index (χ0n) is 14.1. The largest absolute Gasteiger partial charge is 0.491 e. The molecule has 0 unspecified atom stereocenters. The zero-order chi connectivity index (χ0) is 18.3. The number of halogens is 2. The molecule has 0 saturated carbocycles. The Labute approximate surface area is 147 Å². The smallest absolute Gasteiger partial charge is 0.314 e. The van der Waals surface area contributed by atoms with Gasteiger partial charge in [0, 0.05) is 17.7 Å². The van der Waals surface area contributed by atoms with E-state index in [0.29, 0.717) is 44.2 Å². The van der Waals surface area contributed by atoms with Crippen molar-refractivity contribution in [3.8, 4) is 17.2 Å². The van der Waals surface area contributed by atoms with Crippen LogP contribution in [-0.2, 0) is 16.1 Å². The number of amides is 1. The maximum atomic E-state index is 12.7. The van der Waals surface area contributed by atoms with Gasteiger partial charge in [0.1, 0.15) is 12.4 Å². The minimum Gasteiger partial charge on any atom is -0.491 e. The van der Waals surface area contributed by atoms with Gasteiger partial charge >= 0.3 is 6.43 Å². The van der Waals surface area contributed by atoms with Gasteiger partial charge in [0.2, 0.25) is 11.8 Å². The number of hydrogen-bond donors (Lipinski definition) is 0. The molecule has 2 aromatic rings. The molecule has 7 nitrogen and oxygen atoms in total. The quantitative estimate of drug-likeness (QED) is 0.831. The van der Waals surface area contributed by atoms with Crippen LogP contribution in [0.2, 0.25) is 0 Å². The number of rotatable bonds is 3. The van der Waals surface area contributed by atoms with Crippen LogP contribution in [0.1, 0.15) is 24.8 Å². The second kappa shape index (κ2) is 6.31. The molecule has 0 N–H and O–H groups in total. The van der Waals surface area contributed by atoms with Crippen LogP contribution in [0, 0.1) is 5.41 Å². The molecule has 4 rings (SSSR count). The van der Waals surface area contributed by atoms with Crippen molar-refractivity contribution < 1.29 is 27.5 Å². The van der Waals surface area contributed by atoms with Crippen molar-refractivity contribution in [2.45, 2.75) is 19.9 Å². The SMILES string of the molecule is CC1(C(=O)N2CCOc3cc(-c4nnc(C(F)F)o4)ccc3C2)COC1. The first kappa shape index (κ1) is 16.9. The summed E-state index contributed by atoms with van der Waals surface area (Å²) in [6, 6.07) is 5.13. The first-order chi connectivity index (χ1) is 12.5. The summed E-state index contributed by atoms with van der Waals surface area (Å²) in [6.45, 7) is 3.97. The highest BCUT2D eigenvalue weighted by Crippen LogP contribution is 2.33. The Morgan fingerprint density at radius 1 is 1.31 bits per heavy atom. The number of benzene rings is 1.